The summed E-state index contributed by atoms with van der Waals surface area (Å²) in [6.45, 7) is 1.61. The maximum Gasteiger partial charge on any atom is 0.301 e. The van der Waals surface area contributed by atoms with Crippen LogP contribution in [0.3, 0.4) is 0 Å². The number of nitrogens with zero attached hydrogens (tertiary/aromatic N) is 2. The molecule has 10 nitrogen and oxygen atoms in total. The quantitative estimate of drug-likeness (QED) is 0.350. The highest BCUT2D eigenvalue weighted by molar-refractivity contribution is 14.1. The van der Waals surface area contributed by atoms with Crippen LogP contribution >= 0.6 is 22.6 Å². The first kappa shape index (κ1) is 26.4. The van der Waals surface area contributed by atoms with Gasteiger partial charge < -0.3 is 15.4 Å². The van der Waals surface area contributed by atoms with E-state index in [4.69, 9.17) is 4.74 Å². The Bertz CT molecular complexity index is 1640. The number of ether oxygens (including phenoxy) is 1. The molecule has 1 saturated carbocycles. The number of carbonyl (C=O) groups excluding carboxylic acids is 1. The Morgan fingerprint density at radius 3 is 2.61 bits per heavy atom. The van der Waals surface area contributed by atoms with E-state index < -0.39 is 27.5 Å². The highest BCUT2D eigenvalue weighted by Gasteiger charge is 2.31. The summed E-state index contributed by atoms with van der Waals surface area (Å²) in [7, 11) is -0.684. The fourth-order valence-corrected chi connectivity index (χ4v) is 5.61. The lowest BCUT2D eigenvalue weighted by Gasteiger charge is -2.28. The van der Waals surface area contributed by atoms with Crippen LogP contribution < -0.4 is 30.0 Å². The summed E-state index contributed by atoms with van der Waals surface area (Å²) in [4.78, 5) is 26.7. The molecule has 0 saturated heterocycles. The van der Waals surface area contributed by atoms with Crippen LogP contribution in [0.15, 0.2) is 41.2 Å². The fraction of sp³-hybridized carbons (Fsp3) is 0.280. The summed E-state index contributed by atoms with van der Waals surface area (Å²) in [5, 5.41) is 5.86. The second-order valence-electron chi connectivity index (χ2n) is 9.23. The van der Waals surface area contributed by atoms with Gasteiger partial charge in [-0.2, -0.15) is 13.1 Å². The van der Waals surface area contributed by atoms with E-state index in [0.717, 1.165) is 17.1 Å². The van der Waals surface area contributed by atoms with Gasteiger partial charge in [0.25, 0.3) is 11.5 Å². The van der Waals surface area contributed by atoms with E-state index in [1.165, 1.54) is 30.8 Å². The predicted molar refractivity (Wildman–Crippen MR) is 150 cm³/mol. The van der Waals surface area contributed by atoms with E-state index in [9.17, 15) is 22.4 Å². The Morgan fingerprint density at radius 1 is 1.18 bits per heavy atom. The third-order valence-corrected chi connectivity index (χ3v) is 8.60. The van der Waals surface area contributed by atoms with Crippen LogP contribution in [-0.4, -0.2) is 32.0 Å². The van der Waals surface area contributed by atoms with Crippen LogP contribution in [0.2, 0.25) is 0 Å². The minimum atomic E-state index is -3.62. The minimum Gasteiger partial charge on any atom is -0.456 e. The van der Waals surface area contributed by atoms with Gasteiger partial charge in [-0.05, 0) is 84.3 Å². The number of halogens is 2. The van der Waals surface area contributed by atoms with Crippen molar-refractivity contribution in [3.63, 3.8) is 0 Å². The summed E-state index contributed by atoms with van der Waals surface area (Å²) in [6, 6.07) is 9.42. The Morgan fingerprint density at radius 2 is 1.92 bits per heavy atom. The Kier molecular flexibility index (Phi) is 6.86. The molecule has 38 heavy (non-hydrogen) atoms. The SMILES string of the molecule is Cc1c(Oc2ccc3c(c2)CNS(=O)(=O)N3C)c(C(=O)NC2CC2)c(Nc2ccc(I)cc2F)n(C)c1=O. The van der Waals surface area contributed by atoms with Crippen LogP contribution in [-0.2, 0) is 23.8 Å². The van der Waals surface area contributed by atoms with Crippen molar-refractivity contribution < 1.29 is 22.3 Å². The monoisotopic (exact) mass is 653 g/mol. The molecule has 2 aliphatic rings. The van der Waals surface area contributed by atoms with Gasteiger partial charge in [0.2, 0.25) is 0 Å². The van der Waals surface area contributed by atoms with Crippen LogP contribution in [0.5, 0.6) is 11.5 Å². The summed E-state index contributed by atoms with van der Waals surface area (Å²) in [6.07, 6.45) is 1.69. The molecule has 1 aromatic heterocycles. The van der Waals surface area contributed by atoms with Gasteiger partial charge in [0.05, 0.1) is 16.9 Å². The molecular weight excluding hydrogens is 628 g/mol. The lowest BCUT2D eigenvalue weighted by molar-refractivity contribution is 0.0948. The van der Waals surface area contributed by atoms with Crippen molar-refractivity contribution in [3.05, 3.63) is 72.8 Å². The topological polar surface area (TPSA) is 122 Å². The maximum absolute atomic E-state index is 14.8. The Labute approximate surface area is 232 Å². The zero-order valence-electron chi connectivity index (χ0n) is 20.8. The van der Waals surface area contributed by atoms with Gasteiger partial charge in [-0.15, -0.1) is 0 Å². The highest BCUT2D eigenvalue weighted by Crippen LogP contribution is 2.37. The second-order valence-corrected chi connectivity index (χ2v) is 12.3. The molecule has 0 spiro atoms. The summed E-state index contributed by atoms with van der Waals surface area (Å²) in [5.41, 5.74) is 1.06. The minimum absolute atomic E-state index is 0.0167. The molecule has 2 aromatic carbocycles. The fourth-order valence-electron chi connectivity index (χ4n) is 4.19. The van der Waals surface area contributed by atoms with Crippen molar-refractivity contribution in [1.82, 2.24) is 14.6 Å². The molecule has 0 bridgehead atoms. The number of hydrogen-bond donors (Lipinski definition) is 3. The zero-order valence-corrected chi connectivity index (χ0v) is 23.7. The third-order valence-electron chi connectivity index (χ3n) is 6.50. The van der Waals surface area contributed by atoms with E-state index in [0.29, 0.717) is 20.6 Å². The molecular formula is C25H25FIN5O5S. The largest absolute Gasteiger partial charge is 0.456 e. The van der Waals surface area contributed by atoms with Crippen molar-refractivity contribution in [1.29, 1.82) is 0 Å². The number of nitrogens with one attached hydrogen (secondary N) is 3. The molecule has 1 aliphatic heterocycles. The number of hydrogen-bond acceptors (Lipinski definition) is 6. The summed E-state index contributed by atoms with van der Waals surface area (Å²) < 4.78 is 50.8. The lowest BCUT2D eigenvalue weighted by atomic mass is 10.1. The molecule has 1 amide bonds. The first-order valence-corrected chi connectivity index (χ1v) is 14.3. The van der Waals surface area contributed by atoms with E-state index >= 15 is 0 Å². The number of carbonyl (C=O) groups is 1. The molecule has 3 N–H and O–H groups in total. The van der Waals surface area contributed by atoms with Gasteiger partial charge >= 0.3 is 10.2 Å². The van der Waals surface area contributed by atoms with Crippen LogP contribution in [0.1, 0.15) is 34.3 Å². The van der Waals surface area contributed by atoms with Gasteiger partial charge in [-0.3, -0.25) is 18.5 Å². The van der Waals surface area contributed by atoms with Gasteiger partial charge in [0, 0.05) is 30.3 Å². The average molecular weight is 653 g/mol. The van der Waals surface area contributed by atoms with E-state index in [1.54, 1.807) is 31.2 Å². The third kappa shape index (κ3) is 4.97. The first-order chi connectivity index (χ1) is 18.0. The van der Waals surface area contributed by atoms with Crippen molar-refractivity contribution in [2.75, 3.05) is 16.7 Å². The molecule has 13 heteroatoms. The number of benzene rings is 2. The molecule has 200 valence electrons. The van der Waals surface area contributed by atoms with Crippen molar-refractivity contribution >= 4 is 55.9 Å². The second kappa shape index (κ2) is 9.85. The number of rotatable bonds is 6. The molecule has 5 rings (SSSR count). The molecule has 3 aromatic rings. The van der Waals surface area contributed by atoms with Gasteiger partial charge in [0.1, 0.15) is 22.9 Å². The molecule has 2 heterocycles. The molecule has 0 radical (unpaired) electrons. The van der Waals surface area contributed by atoms with E-state index in [-0.39, 0.29) is 41.0 Å². The number of amides is 1. The molecule has 0 unspecified atom stereocenters. The lowest BCUT2D eigenvalue weighted by Crippen LogP contribution is -2.42. The number of pyridine rings is 1. The zero-order chi connectivity index (χ0) is 27.4. The number of fused-ring (bicyclic) bond motifs is 1. The number of anilines is 3. The van der Waals surface area contributed by atoms with Gasteiger partial charge in [-0.1, -0.05) is 0 Å². The maximum atomic E-state index is 14.8. The highest BCUT2D eigenvalue weighted by atomic mass is 127. The smallest absolute Gasteiger partial charge is 0.301 e. The number of aromatic nitrogens is 1. The summed E-state index contributed by atoms with van der Waals surface area (Å²) in [5.74, 6) is -0.576. The van der Waals surface area contributed by atoms with E-state index in [2.05, 4.69) is 15.4 Å². The van der Waals surface area contributed by atoms with Crippen LogP contribution in [0, 0.1) is 16.3 Å². The Hall–Kier alpha value is -3.17. The van der Waals surface area contributed by atoms with Gasteiger partial charge in [-0.25, -0.2) is 4.39 Å². The van der Waals surface area contributed by atoms with E-state index in [1.807, 2.05) is 22.6 Å². The van der Waals surface area contributed by atoms with Crippen molar-refractivity contribution in [3.8, 4) is 11.5 Å². The summed E-state index contributed by atoms with van der Waals surface area (Å²) >= 11 is 1.99. The van der Waals surface area contributed by atoms with Gasteiger partial charge in [0.15, 0.2) is 5.75 Å². The Balaban J connectivity index is 1.62. The van der Waals surface area contributed by atoms with Crippen molar-refractivity contribution in [2.45, 2.75) is 32.4 Å². The van der Waals surface area contributed by atoms with Crippen molar-refractivity contribution in [2.24, 2.45) is 7.05 Å². The predicted octanol–water partition coefficient (Wildman–Crippen LogP) is 3.65. The van der Waals surface area contributed by atoms with Crippen LogP contribution in [0.25, 0.3) is 0 Å². The normalized spacial score (nSPS) is 16.1. The first-order valence-electron chi connectivity index (χ1n) is 11.8. The molecule has 0 atom stereocenters. The average Bonchev–Trinajstić information content (AvgIpc) is 3.68. The molecule has 1 aliphatic carbocycles. The standard InChI is InChI=1S/C25H25FIN5O5S/c1-13-22(37-17-7-9-20-14(10-17)12-28-38(35,36)32(20)3)21(24(33)29-16-5-6-16)23(31(2)25(13)34)30-19-8-4-15(27)11-18(19)26/h4,7-11,16,28,30H,5-6,12H2,1-3H3,(H,29,33). The molecule has 1 fully saturated rings. The van der Waals surface area contributed by atoms with Crippen LogP contribution in [0.4, 0.5) is 21.6 Å².